The summed E-state index contributed by atoms with van der Waals surface area (Å²) in [5.41, 5.74) is 18.9. The highest BCUT2D eigenvalue weighted by Gasteiger charge is 2.30. The molecule has 8 nitrogen and oxygen atoms in total. The second-order valence-corrected chi connectivity index (χ2v) is 35.4. The van der Waals surface area contributed by atoms with Gasteiger partial charge < -0.3 is 30.7 Å². The molecule has 5 N–H and O–H groups in total. The Bertz CT molecular complexity index is 3120. The predicted molar refractivity (Wildman–Crippen MR) is 325 cm³/mol. The van der Waals surface area contributed by atoms with Crippen LogP contribution in [0.4, 0.5) is 4.79 Å². The zero-order chi connectivity index (χ0) is 49.1. The average Bonchev–Trinajstić information content (AvgIpc) is 3.90. The van der Waals surface area contributed by atoms with Crippen LogP contribution < -0.4 is 11.1 Å². The van der Waals surface area contributed by atoms with Crippen molar-refractivity contribution in [1.82, 2.24) is 5.32 Å². The van der Waals surface area contributed by atoms with Crippen LogP contribution in [0.3, 0.4) is 0 Å². The fourth-order valence-corrected chi connectivity index (χ4v) is 34.7. The molecule has 0 saturated heterocycles. The van der Waals surface area contributed by atoms with Crippen LogP contribution in [0.2, 0.25) is 0 Å². The monoisotopic (exact) mass is 1200 g/mol. The number of hydrogen-bond acceptors (Lipinski definition) is 9. The molecular weight excluding hydrogens is 1150 g/mol. The second-order valence-electron chi connectivity index (χ2n) is 14.2. The second kappa shape index (κ2) is 34.4. The fourth-order valence-electron chi connectivity index (χ4n) is 7.27. The number of aliphatic hydroxyl groups excluding tert-OH is 2. The van der Waals surface area contributed by atoms with Crippen LogP contribution in [0, 0.1) is 0 Å². The molecule has 0 bridgehead atoms. The summed E-state index contributed by atoms with van der Waals surface area (Å²) >= 11 is 9.43. The van der Waals surface area contributed by atoms with E-state index in [0.29, 0.717) is 26.3 Å². The van der Waals surface area contributed by atoms with Gasteiger partial charge >= 0.3 is 12.1 Å². The van der Waals surface area contributed by atoms with Crippen molar-refractivity contribution in [2.24, 2.45) is 5.73 Å². The maximum atomic E-state index is 12.2. The highest BCUT2D eigenvalue weighted by atomic mass is 33.5. The van der Waals surface area contributed by atoms with Gasteiger partial charge in [0.15, 0.2) is 0 Å². The van der Waals surface area contributed by atoms with E-state index < -0.39 is 6.09 Å². The number of benzene rings is 6. The lowest BCUT2D eigenvalue weighted by Gasteiger charge is -2.14. The third-order valence-corrected chi connectivity index (χ3v) is 34.5. The number of alkyl carbamates (subject to hydrolysis) is 1. The van der Waals surface area contributed by atoms with E-state index in [1.807, 2.05) is 97.1 Å². The standard InChI is InChI=1S/C23H21NO3.C16H14O2.C8H11NO.CH4.S14/c25-14-17-7-5-6-16(12-17)13-24-23(26)27-15-22-20-10-3-1-8-18(20)19-9-2-4-11-21(19)22;1-11(17)18-10-16-14-8-4-2-6-12(14)13-7-3-5-9-15(13)16;9-5-7-2-1-3-8(4-7)6-10;;1-3-5-7-9-11-13-14-12-10-8-6-4-2/h1-12,22,25H,13-15H2,(H,24,26);2-9,16H,10H2,1H3;1-4,10H,5-6,9H2;1H4;. The van der Waals surface area contributed by atoms with Gasteiger partial charge in [-0.3, -0.25) is 4.79 Å². The molecular formula is C48H50N2O6S14. The minimum absolute atomic E-state index is 0. The Hall–Kier alpha value is -2.98. The number of esters is 1. The Morgan fingerprint density at radius 1 is 0.514 bits per heavy atom. The summed E-state index contributed by atoms with van der Waals surface area (Å²) in [5, 5.41) is 20.7. The predicted octanol–water partition coefficient (Wildman–Crippen LogP) is 8.82. The fraction of sp³-hybridized carbons (Fsp3) is 0.208. The van der Waals surface area contributed by atoms with Crippen molar-refractivity contribution in [2.45, 2.75) is 52.5 Å². The highest BCUT2D eigenvalue weighted by Crippen LogP contribution is 2.45. The lowest BCUT2D eigenvalue weighted by atomic mass is 9.98. The summed E-state index contributed by atoms with van der Waals surface area (Å²) in [6.07, 6.45) is -0.439. The summed E-state index contributed by atoms with van der Waals surface area (Å²) in [4.78, 5) is 23.2. The number of carbonyl (C=O) groups is 2. The first-order chi connectivity index (χ1) is 33.8. The minimum atomic E-state index is -0.439. The largest absolute Gasteiger partial charge is 0.465 e. The molecule has 0 saturated carbocycles. The first-order valence-corrected chi connectivity index (χ1v) is 37.9. The summed E-state index contributed by atoms with van der Waals surface area (Å²) in [7, 11) is 19.9. The van der Waals surface area contributed by atoms with Crippen molar-refractivity contribution >= 4 is 141 Å². The number of carbonyl (C=O) groups excluding carboxylic acids is 2. The lowest BCUT2D eigenvalue weighted by Crippen LogP contribution is -2.25. The Balaban J connectivity index is 0.000000216. The Labute approximate surface area is 454 Å². The van der Waals surface area contributed by atoms with Crippen molar-refractivity contribution < 1.29 is 29.3 Å². The van der Waals surface area contributed by atoms with Gasteiger partial charge in [0.1, 0.15) is 13.2 Å². The van der Waals surface area contributed by atoms with Gasteiger partial charge in [-0.25, -0.2) is 4.79 Å². The van der Waals surface area contributed by atoms with E-state index in [1.54, 1.807) is 88.8 Å². The van der Waals surface area contributed by atoms with E-state index in [9.17, 15) is 14.7 Å². The molecule has 0 radical (unpaired) electrons. The van der Waals surface area contributed by atoms with Crippen molar-refractivity contribution in [3.63, 3.8) is 0 Å². The van der Waals surface area contributed by atoms with Crippen molar-refractivity contribution in [2.75, 3.05) is 13.2 Å². The summed E-state index contributed by atoms with van der Waals surface area (Å²) in [6.45, 7) is 3.15. The third-order valence-electron chi connectivity index (χ3n) is 10.1. The molecule has 0 unspecified atom stereocenters. The quantitative estimate of drug-likeness (QED) is 0.105. The molecule has 0 aromatic heterocycles. The summed E-state index contributed by atoms with van der Waals surface area (Å²) < 4.78 is 10.7. The van der Waals surface area contributed by atoms with Gasteiger partial charge in [0, 0.05) is 161 Å². The molecule has 70 heavy (non-hydrogen) atoms. The van der Waals surface area contributed by atoms with Gasteiger partial charge in [-0.05, 0) is 66.8 Å². The van der Waals surface area contributed by atoms with E-state index in [1.165, 1.54) is 69.2 Å². The van der Waals surface area contributed by atoms with E-state index in [-0.39, 0.29) is 38.4 Å². The first kappa shape index (κ1) is 59.6. The zero-order valence-corrected chi connectivity index (χ0v) is 48.0. The molecule has 1 amide bonds. The van der Waals surface area contributed by atoms with E-state index in [0.717, 1.165) is 22.3 Å². The van der Waals surface area contributed by atoms with Gasteiger partial charge in [-0.1, -0.05) is 153 Å². The number of ether oxygens (including phenoxy) is 2. The molecule has 0 fully saturated rings. The molecule has 2 aliphatic rings. The Morgan fingerprint density at radius 3 is 1.23 bits per heavy atom. The average molecular weight is 1200 g/mol. The maximum Gasteiger partial charge on any atom is 0.407 e. The number of fused-ring (bicyclic) bond motifs is 6. The molecule has 0 heterocycles. The number of nitrogens with two attached hydrogens (primary N) is 1. The summed E-state index contributed by atoms with van der Waals surface area (Å²) in [5.74, 6) is -0.000899. The van der Waals surface area contributed by atoms with Crippen molar-refractivity contribution in [3.8, 4) is 22.3 Å². The SMILES string of the molecule is C.CC(=O)OCC1c2ccccc2-c2ccccc21.NCc1cccc(CO)c1.O=C(NCc1cccc(CO)c1)OCC1c2ccccc2-c2ccccc21.S=S=S=S=S=S=S=S=S=S=S=S=S=S. The van der Waals surface area contributed by atoms with Crippen LogP contribution in [0.15, 0.2) is 146 Å². The molecule has 22 heteroatoms. The van der Waals surface area contributed by atoms with E-state index in [4.69, 9.17) is 42.7 Å². The molecule has 6 aromatic carbocycles. The van der Waals surface area contributed by atoms with E-state index >= 15 is 0 Å². The molecule has 8 rings (SSSR count). The van der Waals surface area contributed by atoms with Gasteiger partial charge in [0.2, 0.25) is 0 Å². The van der Waals surface area contributed by atoms with Crippen LogP contribution in [0.1, 0.15) is 70.7 Å². The zero-order valence-electron chi connectivity index (χ0n) is 36.6. The highest BCUT2D eigenvalue weighted by molar-refractivity contribution is 8.76. The topological polar surface area (TPSA) is 131 Å². The molecule has 6 aromatic rings. The molecule has 0 aliphatic heterocycles. The van der Waals surface area contributed by atoms with Gasteiger partial charge in [0.25, 0.3) is 0 Å². The molecule has 2 aliphatic carbocycles. The molecule has 0 spiro atoms. The van der Waals surface area contributed by atoms with Crippen LogP contribution in [-0.4, -0.2) is 35.5 Å². The number of rotatable bonds is 9. The van der Waals surface area contributed by atoms with Gasteiger partial charge in [0.05, 0.1) is 13.2 Å². The Morgan fingerprint density at radius 2 is 0.857 bits per heavy atom. The number of aliphatic hydroxyl groups is 2. The first-order valence-electron chi connectivity index (χ1n) is 20.5. The third kappa shape index (κ3) is 19.5. The number of hydrogen-bond donors (Lipinski definition) is 4. The van der Waals surface area contributed by atoms with E-state index in [2.05, 4.69) is 53.8 Å². The number of nitrogens with one attached hydrogen (secondary N) is 1. The Kier molecular flexibility index (Phi) is 29.3. The van der Waals surface area contributed by atoms with Crippen molar-refractivity contribution in [1.29, 1.82) is 0 Å². The molecule has 372 valence electrons. The van der Waals surface area contributed by atoms with Gasteiger partial charge in [-0.15, -0.1) is 0 Å². The normalized spacial score (nSPS) is 10.9. The lowest BCUT2D eigenvalue weighted by molar-refractivity contribution is -0.141. The molecule has 0 atom stereocenters. The minimum Gasteiger partial charge on any atom is -0.465 e. The van der Waals surface area contributed by atoms with Crippen LogP contribution in [0.25, 0.3) is 22.3 Å². The van der Waals surface area contributed by atoms with Crippen LogP contribution >= 0.6 is 0 Å². The number of amides is 1. The van der Waals surface area contributed by atoms with Crippen molar-refractivity contribution in [3.05, 3.63) is 190 Å². The van der Waals surface area contributed by atoms with Crippen LogP contribution in [0.5, 0.6) is 0 Å². The smallest absolute Gasteiger partial charge is 0.407 e. The van der Waals surface area contributed by atoms with Gasteiger partial charge in [-0.2, -0.15) is 0 Å². The summed E-state index contributed by atoms with van der Waals surface area (Å²) in [6, 6.07) is 48.3. The van der Waals surface area contributed by atoms with Crippen LogP contribution in [-0.2, 0) is 170 Å². The maximum absolute atomic E-state index is 12.2.